The normalized spacial score (nSPS) is 11.8. The fraction of sp³-hybridized carbons (Fsp3) is 0. The van der Waals surface area contributed by atoms with Gasteiger partial charge in [0.25, 0.3) is 0 Å². The van der Waals surface area contributed by atoms with Crippen molar-refractivity contribution in [2.24, 2.45) is 0 Å². The number of fused-ring (bicyclic) bond motifs is 9. The number of rotatable bonds is 6. The maximum Gasteiger partial charge on any atom is 0.164 e. The van der Waals surface area contributed by atoms with Crippen molar-refractivity contribution in [1.29, 1.82) is 0 Å². The highest BCUT2D eigenvalue weighted by atomic mass is 15.0. The molecule has 13 aromatic rings. The lowest BCUT2D eigenvalue weighted by Crippen LogP contribution is -2.02. The molecule has 0 atom stereocenters. The summed E-state index contributed by atoms with van der Waals surface area (Å²) in [6.07, 6.45) is 0. The monoisotopic (exact) mass is 815 g/mol. The number of aromatic nitrogens is 5. The minimum atomic E-state index is 0.631. The molecule has 5 heteroatoms. The minimum Gasteiger partial charge on any atom is -0.309 e. The van der Waals surface area contributed by atoms with Crippen molar-refractivity contribution in [2.75, 3.05) is 0 Å². The zero-order valence-electron chi connectivity index (χ0n) is 34.6. The van der Waals surface area contributed by atoms with Gasteiger partial charge in [0.1, 0.15) is 0 Å². The third-order valence-corrected chi connectivity index (χ3v) is 12.7. The molecule has 0 aliphatic rings. The first-order chi connectivity index (χ1) is 31.7. The van der Waals surface area contributed by atoms with Gasteiger partial charge < -0.3 is 9.13 Å². The molecule has 3 aromatic heterocycles. The Morgan fingerprint density at radius 3 is 1.53 bits per heavy atom. The third-order valence-electron chi connectivity index (χ3n) is 12.7. The predicted octanol–water partition coefficient (Wildman–Crippen LogP) is 15.0. The molecule has 0 bridgehead atoms. The van der Waals surface area contributed by atoms with Crippen LogP contribution in [0.25, 0.3) is 122 Å². The Labute approximate surface area is 368 Å². The lowest BCUT2D eigenvalue weighted by molar-refractivity contribution is 1.08. The molecule has 13 rings (SSSR count). The summed E-state index contributed by atoms with van der Waals surface area (Å²) in [5, 5.41) is 9.53. The standard InChI is InChI=1S/C59H37N5/c1-5-17-38(18-6-1)42-30-32-52-48(35-42)49-36-50-55(63(43-24-11-4-12-25-43)53-33-29-39-19-13-14-26-44(39)56(50)53)37-54(49)64(52)51-34-31-47(45-27-15-16-28-46(45)51)59-61-57(40-20-7-2-8-21-40)60-58(62-59)41-22-9-3-10-23-41/h1-37H. The van der Waals surface area contributed by atoms with Gasteiger partial charge in [-0.25, -0.2) is 15.0 Å². The molecule has 0 saturated carbocycles. The average molecular weight is 816 g/mol. The number of hydrogen-bond acceptors (Lipinski definition) is 3. The zero-order chi connectivity index (χ0) is 42.1. The summed E-state index contributed by atoms with van der Waals surface area (Å²) in [5.74, 6) is 1.91. The van der Waals surface area contributed by atoms with E-state index in [1.165, 1.54) is 49.0 Å². The average Bonchev–Trinajstić information content (AvgIpc) is 3.87. The van der Waals surface area contributed by atoms with Crippen LogP contribution in [0.1, 0.15) is 0 Å². The molecule has 0 radical (unpaired) electrons. The van der Waals surface area contributed by atoms with Gasteiger partial charge in [0.15, 0.2) is 17.5 Å². The van der Waals surface area contributed by atoms with Crippen molar-refractivity contribution in [1.82, 2.24) is 24.1 Å². The summed E-state index contributed by atoms with van der Waals surface area (Å²) < 4.78 is 4.90. The third kappa shape index (κ3) is 5.68. The van der Waals surface area contributed by atoms with E-state index in [0.717, 1.165) is 55.4 Å². The van der Waals surface area contributed by atoms with Crippen molar-refractivity contribution in [3.63, 3.8) is 0 Å². The summed E-state index contributed by atoms with van der Waals surface area (Å²) in [6.45, 7) is 0. The van der Waals surface area contributed by atoms with Crippen LogP contribution in [-0.4, -0.2) is 24.1 Å². The van der Waals surface area contributed by atoms with E-state index in [4.69, 9.17) is 15.0 Å². The van der Waals surface area contributed by atoms with E-state index in [9.17, 15) is 0 Å². The highest BCUT2D eigenvalue weighted by molar-refractivity contribution is 6.25. The molecule has 0 amide bonds. The van der Waals surface area contributed by atoms with Crippen LogP contribution < -0.4 is 0 Å². The Bertz CT molecular complexity index is 3870. The van der Waals surface area contributed by atoms with Gasteiger partial charge in [0.2, 0.25) is 0 Å². The molecule has 5 nitrogen and oxygen atoms in total. The fourth-order valence-corrected chi connectivity index (χ4v) is 9.83. The van der Waals surface area contributed by atoms with Gasteiger partial charge in [-0.2, -0.15) is 0 Å². The molecule has 10 aromatic carbocycles. The van der Waals surface area contributed by atoms with Gasteiger partial charge in [0.05, 0.1) is 27.8 Å². The van der Waals surface area contributed by atoms with Crippen LogP contribution in [-0.2, 0) is 0 Å². The van der Waals surface area contributed by atoms with Crippen LogP contribution in [0.5, 0.6) is 0 Å². The summed E-state index contributed by atoms with van der Waals surface area (Å²) in [7, 11) is 0. The Kier molecular flexibility index (Phi) is 8.15. The SMILES string of the molecule is c1ccc(-c2ccc3c(c2)c2cc4c5c6ccccc6ccc5n(-c5ccccc5)c4cc2n3-c2ccc(-c3nc(-c4ccccc4)nc(-c4ccccc4)n3)c3ccccc23)cc1. The summed E-state index contributed by atoms with van der Waals surface area (Å²) in [4.78, 5) is 15.3. The van der Waals surface area contributed by atoms with Gasteiger partial charge in [-0.1, -0.05) is 170 Å². The molecule has 0 aliphatic heterocycles. The van der Waals surface area contributed by atoms with E-state index in [0.29, 0.717) is 17.5 Å². The number of benzene rings is 10. The molecular weight excluding hydrogens is 779 g/mol. The van der Waals surface area contributed by atoms with E-state index < -0.39 is 0 Å². The molecule has 0 N–H and O–H groups in total. The molecule has 0 aliphatic carbocycles. The van der Waals surface area contributed by atoms with Crippen LogP contribution in [0.4, 0.5) is 0 Å². The van der Waals surface area contributed by atoms with Crippen LogP contribution >= 0.6 is 0 Å². The second-order valence-electron chi connectivity index (χ2n) is 16.4. The minimum absolute atomic E-state index is 0.631. The second-order valence-corrected chi connectivity index (χ2v) is 16.4. The van der Waals surface area contributed by atoms with Crippen LogP contribution in [0.2, 0.25) is 0 Å². The van der Waals surface area contributed by atoms with E-state index in [2.05, 4.69) is 197 Å². The molecule has 0 spiro atoms. The van der Waals surface area contributed by atoms with Crippen LogP contribution in [0, 0.1) is 0 Å². The number of para-hydroxylation sites is 1. The lowest BCUT2D eigenvalue weighted by Gasteiger charge is -2.15. The van der Waals surface area contributed by atoms with Crippen LogP contribution in [0.3, 0.4) is 0 Å². The Hall–Kier alpha value is -8.67. The van der Waals surface area contributed by atoms with E-state index in [1.807, 2.05) is 36.4 Å². The second kappa shape index (κ2) is 14.5. The Morgan fingerprint density at radius 2 is 0.828 bits per heavy atom. The zero-order valence-corrected chi connectivity index (χ0v) is 34.6. The molecule has 0 saturated heterocycles. The van der Waals surface area contributed by atoms with Crippen molar-refractivity contribution in [3.8, 4) is 56.7 Å². The largest absolute Gasteiger partial charge is 0.309 e. The first-order valence-electron chi connectivity index (χ1n) is 21.7. The Balaban J connectivity index is 1.12. The highest BCUT2D eigenvalue weighted by Crippen LogP contribution is 2.44. The molecule has 0 fully saturated rings. The summed E-state index contributed by atoms with van der Waals surface area (Å²) >= 11 is 0. The quantitative estimate of drug-likeness (QED) is 0.168. The Morgan fingerprint density at radius 1 is 0.281 bits per heavy atom. The maximum atomic E-state index is 5.16. The summed E-state index contributed by atoms with van der Waals surface area (Å²) in [6, 6.07) is 80.0. The van der Waals surface area contributed by atoms with E-state index in [-0.39, 0.29) is 0 Å². The molecular formula is C59H37N5. The van der Waals surface area contributed by atoms with Gasteiger partial charge in [-0.15, -0.1) is 0 Å². The number of nitrogens with zero attached hydrogens (tertiary/aromatic N) is 5. The van der Waals surface area contributed by atoms with E-state index in [1.54, 1.807) is 0 Å². The van der Waals surface area contributed by atoms with E-state index >= 15 is 0 Å². The van der Waals surface area contributed by atoms with Gasteiger partial charge >= 0.3 is 0 Å². The van der Waals surface area contributed by atoms with Crippen molar-refractivity contribution in [2.45, 2.75) is 0 Å². The number of hydrogen-bond donors (Lipinski definition) is 0. The molecule has 298 valence electrons. The van der Waals surface area contributed by atoms with Crippen molar-refractivity contribution in [3.05, 3.63) is 224 Å². The maximum absolute atomic E-state index is 5.16. The van der Waals surface area contributed by atoms with Gasteiger partial charge in [0, 0.05) is 49.3 Å². The predicted molar refractivity (Wildman–Crippen MR) is 265 cm³/mol. The fourth-order valence-electron chi connectivity index (χ4n) is 9.83. The van der Waals surface area contributed by atoms with Crippen molar-refractivity contribution < 1.29 is 0 Å². The first-order valence-corrected chi connectivity index (χ1v) is 21.7. The van der Waals surface area contributed by atoms with Crippen LogP contribution in [0.15, 0.2) is 224 Å². The molecule has 3 heterocycles. The van der Waals surface area contributed by atoms with Gasteiger partial charge in [-0.3, -0.25) is 0 Å². The smallest absolute Gasteiger partial charge is 0.164 e. The van der Waals surface area contributed by atoms with Crippen molar-refractivity contribution >= 4 is 65.2 Å². The van der Waals surface area contributed by atoms with Gasteiger partial charge in [-0.05, 0) is 81.9 Å². The molecule has 0 unspecified atom stereocenters. The first kappa shape index (κ1) is 36.0. The highest BCUT2D eigenvalue weighted by Gasteiger charge is 2.22. The summed E-state index contributed by atoms with van der Waals surface area (Å²) in [5.41, 5.74) is 12.0. The lowest BCUT2D eigenvalue weighted by atomic mass is 10.0. The molecule has 64 heavy (non-hydrogen) atoms. The topological polar surface area (TPSA) is 48.5 Å².